The minimum atomic E-state index is 0.168. The summed E-state index contributed by atoms with van der Waals surface area (Å²) < 4.78 is 84.2. The van der Waals surface area contributed by atoms with Gasteiger partial charge < -0.3 is 56.8 Å². The second kappa shape index (κ2) is 37.5. The quantitative estimate of drug-likeness (QED) is 0.0567. The molecule has 0 amide bonds. The predicted octanol–water partition coefficient (Wildman–Crippen LogP) is 20.8. The van der Waals surface area contributed by atoms with Crippen molar-refractivity contribution in [1.82, 2.24) is 9.97 Å². The number of hydrogen-bond acceptors (Lipinski definition) is 14. The number of para-hydroxylation sites is 4. The third kappa shape index (κ3) is 18.8. The zero-order valence-corrected chi connectivity index (χ0v) is 64.6. The molecular formula is C94H106N2O12. The summed E-state index contributed by atoms with van der Waals surface area (Å²) in [4.78, 5) is 10.8. The van der Waals surface area contributed by atoms with Crippen LogP contribution in [0.15, 0.2) is 158 Å². The second-order valence-corrected chi connectivity index (χ2v) is 28.5. The summed E-state index contributed by atoms with van der Waals surface area (Å²) in [6.45, 7) is 22.1. The molecule has 0 unspecified atom stereocenters. The molecule has 0 atom stereocenters. The number of ether oxygens (including phenoxy) is 12. The Morgan fingerprint density at radius 3 is 0.565 bits per heavy atom. The van der Waals surface area contributed by atoms with E-state index in [1.54, 1.807) is 0 Å². The van der Waals surface area contributed by atoms with Gasteiger partial charge in [0.2, 0.25) is 0 Å². The van der Waals surface area contributed by atoms with Gasteiger partial charge in [0, 0.05) is 95.9 Å². The SMILES string of the molecule is CCCOc1cc2c(OCCC)c(c1)Cc1cccc3c1OCc1cccc(n1)COc1c4cccc1Cc1cc(OCCC)cc(c1OCCC)Cc1cccc(c1OCc1cccc(n1)COc1c(cccc1Cc1cc(OCCC)cc(c1OCCC)C3)C2)Cc1cc(OCCC)cc(c1OCCC)C4. The van der Waals surface area contributed by atoms with Gasteiger partial charge in [0.25, 0.3) is 0 Å². The number of hydrogen-bond donors (Lipinski definition) is 0. The van der Waals surface area contributed by atoms with E-state index in [1.807, 2.05) is 24.3 Å². The average Bonchev–Trinajstić information content (AvgIpc) is 0.781. The first-order valence-corrected chi connectivity index (χ1v) is 39.6. The molecule has 564 valence electrons. The standard InChI is InChI=1S/C94H106N2O12/c1-9-35-97-83-51-71-43-63-23-17-25-65-45-73-53-84(98-36-10-2)54-74(92(73)102-40-14-6)46-66-26-18-24-64(44-72(52-83)91(71)101-39-13-5)88(66)106-60-80-32-22-34-82(96-80)62-108-90-68-28-20-30-70(90)50-78-58-86(100-38-12-4)57-77(94(78)104-42-16-8)49-69-29-19-27-67(89(69)107-61-81-33-21-31-79(95-81)59-105-87(63)65)47-75-55-85(99-37-11-3)56-76(48-68)93(75)103-41-15-7/h17-34,51-58H,9-16,35-50,59-62H2,1-8H3. The van der Waals surface area contributed by atoms with E-state index in [0.29, 0.717) is 104 Å². The fourth-order valence-electron chi connectivity index (χ4n) is 14.7. The Morgan fingerprint density at radius 1 is 0.222 bits per heavy atom. The highest BCUT2D eigenvalue weighted by Gasteiger charge is 2.28. The number of rotatable bonds is 24. The second-order valence-electron chi connectivity index (χ2n) is 28.5. The summed E-state index contributed by atoms with van der Waals surface area (Å²) in [7, 11) is 0. The van der Waals surface area contributed by atoms with E-state index in [-0.39, 0.29) is 26.4 Å². The molecule has 4 heterocycles. The molecule has 0 N–H and O–H groups in total. The minimum absolute atomic E-state index is 0.168. The van der Waals surface area contributed by atoms with Crippen LogP contribution in [0.2, 0.25) is 0 Å². The van der Waals surface area contributed by atoms with Crippen LogP contribution in [0.4, 0.5) is 0 Å². The van der Waals surface area contributed by atoms with Crippen molar-refractivity contribution in [1.29, 1.82) is 0 Å². The lowest BCUT2D eigenvalue weighted by Gasteiger charge is -2.24. The van der Waals surface area contributed by atoms with Gasteiger partial charge in [0.15, 0.2) is 0 Å². The molecule has 108 heavy (non-hydrogen) atoms. The van der Waals surface area contributed by atoms with E-state index in [4.69, 9.17) is 66.8 Å². The van der Waals surface area contributed by atoms with Crippen LogP contribution in [-0.4, -0.2) is 62.8 Å². The number of fused-ring (bicyclic) bond motifs is 6. The maximum absolute atomic E-state index is 7.38. The molecule has 0 saturated heterocycles. The molecule has 0 saturated carbocycles. The van der Waals surface area contributed by atoms with Crippen molar-refractivity contribution < 1.29 is 56.8 Å². The Hall–Kier alpha value is -10.3. The molecule has 24 bridgehead atoms. The Morgan fingerprint density at radius 2 is 0.389 bits per heavy atom. The van der Waals surface area contributed by atoms with E-state index in [2.05, 4.69) is 189 Å². The van der Waals surface area contributed by atoms with Crippen molar-refractivity contribution >= 4 is 0 Å². The lowest BCUT2D eigenvalue weighted by molar-refractivity contribution is 0.283. The number of benzene rings is 8. The van der Waals surface area contributed by atoms with Crippen molar-refractivity contribution in [2.75, 3.05) is 52.9 Å². The Kier molecular flexibility index (Phi) is 26.3. The molecule has 14 nitrogen and oxygen atoms in total. The molecule has 2 aliphatic carbocycles. The molecule has 0 radical (unpaired) electrons. The highest BCUT2D eigenvalue weighted by molar-refractivity contribution is 5.62. The zero-order valence-electron chi connectivity index (χ0n) is 64.6. The molecule has 0 fully saturated rings. The maximum Gasteiger partial charge on any atom is 0.130 e. The van der Waals surface area contributed by atoms with Gasteiger partial charge in [0.1, 0.15) is 95.4 Å². The van der Waals surface area contributed by atoms with Crippen LogP contribution in [0, 0.1) is 0 Å². The van der Waals surface area contributed by atoms with Gasteiger partial charge >= 0.3 is 0 Å². The summed E-state index contributed by atoms with van der Waals surface area (Å²) in [5.74, 6) is 9.44. The van der Waals surface area contributed by atoms with Crippen LogP contribution in [0.1, 0.15) is 219 Å². The molecule has 10 aromatic rings. The first-order valence-electron chi connectivity index (χ1n) is 39.6. The molecule has 0 spiro atoms. The summed E-state index contributed by atoms with van der Waals surface area (Å²) >= 11 is 0. The first kappa shape index (κ1) is 75.9. The lowest BCUT2D eigenvalue weighted by atomic mass is 9.91. The number of pyridine rings is 2. The van der Waals surface area contributed by atoms with Gasteiger partial charge in [-0.3, -0.25) is 9.97 Å². The van der Waals surface area contributed by atoms with E-state index in [9.17, 15) is 0 Å². The van der Waals surface area contributed by atoms with Crippen molar-refractivity contribution in [3.63, 3.8) is 0 Å². The van der Waals surface area contributed by atoms with E-state index >= 15 is 0 Å². The van der Waals surface area contributed by atoms with Crippen molar-refractivity contribution in [2.45, 2.75) is 185 Å². The van der Waals surface area contributed by atoms with Gasteiger partial charge in [-0.1, -0.05) is 140 Å². The third-order valence-corrected chi connectivity index (χ3v) is 19.5. The summed E-state index contributed by atoms with van der Waals surface area (Å²) in [6, 6.07) is 55.6. The topological polar surface area (TPSA) is 137 Å². The third-order valence-electron chi connectivity index (χ3n) is 19.5. The molecular weight excluding hydrogens is 1350 g/mol. The molecule has 8 aromatic carbocycles. The maximum atomic E-state index is 7.38. The minimum Gasteiger partial charge on any atom is -0.494 e. The van der Waals surface area contributed by atoms with E-state index < -0.39 is 0 Å². The fraction of sp³-hybridized carbons (Fsp3) is 0.383. The monoisotopic (exact) mass is 1450 g/mol. The van der Waals surface area contributed by atoms with Gasteiger partial charge in [0.05, 0.1) is 75.6 Å². The Bertz CT molecular complexity index is 3940. The van der Waals surface area contributed by atoms with Gasteiger partial charge in [-0.25, -0.2) is 0 Å². The zero-order chi connectivity index (χ0) is 74.6. The smallest absolute Gasteiger partial charge is 0.130 e. The van der Waals surface area contributed by atoms with Crippen LogP contribution in [-0.2, 0) is 77.8 Å². The van der Waals surface area contributed by atoms with Crippen molar-refractivity contribution in [3.8, 4) is 69.0 Å². The van der Waals surface area contributed by atoms with Gasteiger partial charge in [-0.05, 0) is 169 Å². The Labute approximate surface area is 639 Å². The highest BCUT2D eigenvalue weighted by atomic mass is 16.5. The molecule has 2 aliphatic heterocycles. The van der Waals surface area contributed by atoms with E-state index in [1.165, 1.54) is 0 Å². The van der Waals surface area contributed by atoms with Crippen LogP contribution < -0.4 is 56.8 Å². The van der Waals surface area contributed by atoms with Crippen LogP contribution in [0.5, 0.6) is 69.0 Å². The normalized spacial score (nSPS) is 13.3. The predicted molar refractivity (Wildman–Crippen MR) is 426 cm³/mol. The van der Waals surface area contributed by atoms with E-state index in [0.717, 1.165) is 232 Å². The lowest BCUT2D eigenvalue weighted by Crippen LogP contribution is -2.12. The molecule has 14 rings (SSSR count). The molecule has 14 heteroatoms. The largest absolute Gasteiger partial charge is 0.494 e. The van der Waals surface area contributed by atoms with Gasteiger partial charge in [-0.2, -0.15) is 0 Å². The Balaban J connectivity index is 1.04. The molecule has 2 aromatic heterocycles. The first-order chi connectivity index (χ1) is 53.1. The van der Waals surface area contributed by atoms with Gasteiger partial charge in [-0.15, -0.1) is 0 Å². The van der Waals surface area contributed by atoms with Crippen LogP contribution in [0.3, 0.4) is 0 Å². The number of aromatic nitrogens is 2. The summed E-state index contributed by atoms with van der Waals surface area (Å²) in [5, 5.41) is 0. The molecule has 4 aliphatic rings. The fourth-order valence-corrected chi connectivity index (χ4v) is 14.7. The van der Waals surface area contributed by atoms with Crippen LogP contribution in [0.25, 0.3) is 0 Å². The highest BCUT2D eigenvalue weighted by Crippen LogP contribution is 2.46. The van der Waals surface area contributed by atoms with Crippen molar-refractivity contribution in [3.05, 3.63) is 270 Å². The van der Waals surface area contributed by atoms with Crippen LogP contribution >= 0.6 is 0 Å². The summed E-state index contributed by atoms with van der Waals surface area (Å²) in [6.07, 6.45) is 10.5. The number of nitrogens with zero attached hydrogens (tertiary/aromatic N) is 2. The summed E-state index contributed by atoms with van der Waals surface area (Å²) in [5.41, 5.74) is 18.8. The average molecular weight is 1460 g/mol. The van der Waals surface area contributed by atoms with Crippen molar-refractivity contribution in [2.24, 2.45) is 0 Å².